The van der Waals surface area contributed by atoms with E-state index in [0.29, 0.717) is 19.3 Å². The van der Waals surface area contributed by atoms with E-state index in [9.17, 15) is 14.4 Å². The molecule has 0 aliphatic heterocycles. The van der Waals surface area contributed by atoms with Gasteiger partial charge >= 0.3 is 17.9 Å². The van der Waals surface area contributed by atoms with Crippen LogP contribution in [-0.2, 0) is 28.6 Å². The third-order valence-electron chi connectivity index (χ3n) is 12.0. The Morgan fingerprint density at radius 3 is 0.900 bits per heavy atom. The lowest BCUT2D eigenvalue weighted by Crippen LogP contribution is -2.30. The van der Waals surface area contributed by atoms with E-state index in [4.69, 9.17) is 14.2 Å². The summed E-state index contributed by atoms with van der Waals surface area (Å²) in [5.74, 6) is -0.975. The summed E-state index contributed by atoms with van der Waals surface area (Å²) >= 11 is 0. The van der Waals surface area contributed by atoms with Gasteiger partial charge in [-0.15, -0.1) is 0 Å². The summed E-state index contributed by atoms with van der Waals surface area (Å²) in [7, 11) is 0. The van der Waals surface area contributed by atoms with Crippen molar-refractivity contribution in [2.75, 3.05) is 13.2 Å². The molecule has 0 aromatic carbocycles. The molecule has 70 heavy (non-hydrogen) atoms. The van der Waals surface area contributed by atoms with Crippen molar-refractivity contribution in [2.24, 2.45) is 0 Å². The van der Waals surface area contributed by atoms with Crippen LogP contribution in [0.5, 0.6) is 0 Å². The Labute approximate surface area is 431 Å². The summed E-state index contributed by atoms with van der Waals surface area (Å²) < 4.78 is 16.8. The van der Waals surface area contributed by atoms with Gasteiger partial charge in [-0.25, -0.2) is 0 Å². The summed E-state index contributed by atoms with van der Waals surface area (Å²) in [4.78, 5) is 38.2. The number of carbonyl (C=O) groups excluding carboxylic acids is 3. The third kappa shape index (κ3) is 55.0. The van der Waals surface area contributed by atoms with Gasteiger partial charge in [0.15, 0.2) is 6.10 Å². The number of esters is 3. The molecule has 0 heterocycles. The number of carbonyl (C=O) groups is 3. The van der Waals surface area contributed by atoms with Gasteiger partial charge in [0.05, 0.1) is 0 Å². The fourth-order valence-corrected chi connectivity index (χ4v) is 7.75. The lowest BCUT2D eigenvalue weighted by atomic mass is 10.0. The summed E-state index contributed by atoms with van der Waals surface area (Å²) in [5.41, 5.74) is 0. The second-order valence-corrected chi connectivity index (χ2v) is 18.8. The molecule has 0 bridgehead atoms. The highest BCUT2D eigenvalue weighted by Gasteiger charge is 2.19. The van der Waals surface area contributed by atoms with E-state index in [-0.39, 0.29) is 31.1 Å². The molecule has 0 rings (SSSR count). The van der Waals surface area contributed by atoms with Gasteiger partial charge in [-0.1, -0.05) is 246 Å². The zero-order valence-electron chi connectivity index (χ0n) is 45.5. The molecule has 0 fully saturated rings. The van der Waals surface area contributed by atoms with Gasteiger partial charge in [-0.3, -0.25) is 14.4 Å². The van der Waals surface area contributed by atoms with Crippen molar-refractivity contribution in [1.82, 2.24) is 0 Å². The van der Waals surface area contributed by atoms with E-state index >= 15 is 0 Å². The van der Waals surface area contributed by atoms with Crippen LogP contribution in [0.2, 0.25) is 0 Å². The second kappa shape index (κ2) is 57.6. The molecule has 0 saturated carbocycles. The SMILES string of the molecule is CC/C=C\C/C=C\C/C=C\C/C=C\C/C=C\CCCCCC(=O)OCC(COC(=O)CCCC/C=C\C/C=C\C/C=C\C/C=C\CC)OC(=O)CCCCCCCCCCCCCCCCCCCC. The standard InChI is InChI=1S/C64H106O6/c1-4-7-10-13-16-19-22-25-28-30-32-34-36-39-42-45-48-51-54-57-63(66)69-60-61(59-68-62(65)56-53-50-47-44-41-38-35-27-24-21-18-15-12-9-6-3)70-64(67)58-55-52-49-46-43-40-37-33-31-29-26-23-20-17-14-11-8-5-2/h7,9-10,12,16,18-19,21,25,27-28,32,34-35,39,41-42,44,61H,4-6,8,11,13-15,17,20,22-24,26,29-31,33,36-38,40,43,45-60H2,1-3H3/b10-7-,12-9-,19-16-,21-18-,28-25-,34-32-,35-27-,42-39-,44-41-. The van der Waals surface area contributed by atoms with Crippen LogP contribution in [0.4, 0.5) is 0 Å². The number of rotatable bonds is 51. The fraction of sp³-hybridized carbons (Fsp3) is 0.672. The Bertz CT molecular complexity index is 1440. The third-order valence-corrected chi connectivity index (χ3v) is 12.0. The van der Waals surface area contributed by atoms with Crippen molar-refractivity contribution < 1.29 is 28.6 Å². The minimum absolute atomic E-state index is 0.108. The first-order chi connectivity index (χ1) is 34.5. The maximum Gasteiger partial charge on any atom is 0.306 e. The number of hydrogen-bond acceptors (Lipinski definition) is 6. The maximum atomic E-state index is 12.9. The van der Waals surface area contributed by atoms with Crippen molar-refractivity contribution in [1.29, 1.82) is 0 Å². The molecule has 6 heteroatoms. The molecule has 0 aromatic rings. The second-order valence-electron chi connectivity index (χ2n) is 18.8. The average molecular weight is 972 g/mol. The highest BCUT2D eigenvalue weighted by molar-refractivity contribution is 5.71. The van der Waals surface area contributed by atoms with Gasteiger partial charge in [0.25, 0.3) is 0 Å². The van der Waals surface area contributed by atoms with Crippen LogP contribution in [-0.4, -0.2) is 37.2 Å². The molecule has 0 aliphatic carbocycles. The van der Waals surface area contributed by atoms with Crippen LogP contribution >= 0.6 is 0 Å². The smallest absolute Gasteiger partial charge is 0.306 e. The number of allylic oxidation sites excluding steroid dienone is 18. The van der Waals surface area contributed by atoms with Gasteiger partial charge in [0, 0.05) is 19.3 Å². The van der Waals surface area contributed by atoms with Gasteiger partial charge < -0.3 is 14.2 Å². The molecule has 0 spiro atoms. The first-order valence-electron chi connectivity index (χ1n) is 28.9. The fourth-order valence-electron chi connectivity index (χ4n) is 7.75. The Kier molecular flexibility index (Phi) is 54.4. The van der Waals surface area contributed by atoms with Crippen LogP contribution in [0.3, 0.4) is 0 Å². The highest BCUT2D eigenvalue weighted by Crippen LogP contribution is 2.16. The van der Waals surface area contributed by atoms with E-state index < -0.39 is 6.10 Å². The van der Waals surface area contributed by atoms with Gasteiger partial charge in [0.1, 0.15) is 13.2 Å². The van der Waals surface area contributed by atoms with Crippen molar-refractivity contribution in [2.45, 2.75) is 264 Å². The van der Waals surface area contributed by atoms with Gasteiger partial charge in [-0.05, 0) is 103 Å². The molecular weight excluding hydrogens is 865 g/mol. The molecule has 0 radical (unpaired) electrons. The molecule has 0 N–H and O–H groups in total. The summed E-state index contributed by atoms with van der Waals surface area (Å²) in [5, 5.41) is 0. The summed E-state index contributed by atoms with van der Waals surface area (Å²) in [6.07, 6.45) is 78.0. The molecule has 0 saturated heterocycles. The predicted octanol–water partition coefficient (Wildman–Crippen LogP) is 19.5. The molecule has 1 atom stereocenters. The maximum absolute atomic E-state index is 12.9. The monoisotopic (exact) mass is 971 g/mol. The van der Waals surface area contributed by atoms with E-state index in [1.165, 1.54) is 96.3 Å². The minimum Gasteiger partial charge on any atom is -0.462 e. The van der Waals surface area contributed by atoms with Crippen LogP contribution in [0.1, 0.15) is 258 Å². The lowest BCUT2D eigenvalue weighted by Gasteiger charge is -2.18. The zero-order chi connectivity index (χ0) is 50.7. The average Bonchev–Trinajstić information content (AvgIpc) is 3.36. The quantitative estimate of drug-likeness (QED) is 0.0262. The first-order valence-corrected chi connectivity index (χ1v) is 28.9. The van der Waals surface area contributed by atoms with Crippen molar-refractivity contribution >= 4 is 17.9 Å². The normalized spacial score (nSPS) is 12.9. The Morgan fingerprint density at radius 2 is 0.557 bits per heavy atom. The van der Waals surface area contributed by atoms with Crippen LogP contribution < -0.4 is 0 Å². The van der Waals surface area contributed by atoms with Gasteiger partial charge in [0.2, 0.25) is 0 Å². The molecule has 0 aromatic heterocycles. The van der Waals surface area contributed by atoms with Crippen molar-refractivity contribution in [3.8, 4) is 0 Å². The van der Waals surface area contributed by atoms with Crippen molar-refractivity contribution in [3.05, 3.63) is 109 Å². The van der Waals surface area contributed by atoms with Crippen LogP contribution in [0.15, 0.2) is 109 Å². The van der Waals surface area contributed by atoms with Crippen LogP contribution in [0, 0.1) is 0 Å². The molecule has 1 unspecified atom stereocenters. The topological polar surface area (TPSA) is 78.9 Å². The summed E-state index contributed by atoms with van der Waals surface area (Å²) in [6, 6.07) is 0. The highest BCUT2D eigenvalue weighted by atomic mass is 16.6. The number of unbranched alkanes of at least 4 members (excludes halogenated alkanes) is 22. The van der Waals surface area contributed by atoms with E-state index in [1.54, 1.807) is 0 Å². The predicted molar refractivity (Wildman–Crippen MR) is 302 cm³/mol. The minimum atomic E-state index is -0.810. The van der Waals surface area contributed by atoms with E-state index in [1.807, 2.05) is 0 Å². The van der Waals surface area contributed by atoms with Crippen molar-refractivity contribution in [3.63, 3.8) is 0 Å². The molecule has 0 aliphatic rings. The number of ether oxygens (including phenoxy) is 3. The zero-order valence-corrected chi connectivity index (χ0v) is 45.5. The first kappa shape index (κ1) is 66.1. The molecule has 398 valence electrons. The molecule has 6 nitrogen and oxygen atoms in total. The summed E-state index contributed by atoms with van der Waals surface area (Å²) in [6.45, 7) is 6.36. The molecular formula is C64H106O6. The van der Waals surface area contributed by atoms with E-state index in [0.717, 1.165) is 122 Å². The number of hydrogen-bond donors (Lipinski definition) is 0. The van der Waals surface area contributed by atoms with E-state index in [2.05, 4.69) is 130 Å². The Hall–Kier alpha value is -3.93. The Morgan fingerprint density at radius 1 is 0.300 bits per heavy atom. The largest absolute Gasteiger partial charge is 0.462 e. The van der Waals surface area contributed by atoms with Crippen LogP contribution in [0.25, 0.3) is 0 Å². The lowest BCUT2D eigenvalue weighted by molar-refractivity contribution is -0.167. The van der Waals surface area contributed by atoms with Gasteiger partial charge in [-0.2, -0.15) is 0 Å². The Balaban J connectivity index is 4.49. The molecule has 0 amide bonds.